The first-order valence-corrected chi connectivity index (χ1v) is 8.59. The highest BCUT2D eigenvalue weighted by Gasteiger charge is 2.17. The Morgan fingerprint density at radius 2 is 1.59 bits per heavy atom. The Balaban J connectivity index is 1.74. The van der Waals surface area contributed by atoms with Crippen LogP contribution in [0.25, 0.3) is 0 Å². The summed E-state index contributed by atoms with van der Waals surface area (Å²) in [6, 6.07) is 17.9. The molecule has 0 bridgehead atoms. The number of carbonyl (C=O) groups excluding carboxylic acids is 2. The lowest BCUT2D eigenvalue weighted by molar-refractivity contribution is -0.133. The highest BCUT2D eigenvalue weighted by Crippen LogP contribution is 2.26. The minimum Gasteiger partial charge on any atom is -0.493 e. The molecule has 0 fully saturated rings. The lowest BCUT2D eigenvalue weighted by Crippen LogP contribution is -2.15. The summed E-state index contributed by atoms with van der Waals surface area (Å²) < 4.78 is 12.3. The molecule has 138 valence electrons. The molecule has 0 unspecified atom stereocenters. The van der Waals surface area contributed by atoms with Crippen LogP contribution >= 0.6 is 0 Å². The third-order valence-corrected chi connectivity index (χ3v) is 4.39. The Morgan fingerprint density at radius 3 is 2.26 bits per heavy atom. The summed E-state index contributed by atoms with van der Waals surface area (Å²) in [5.41, 5.74) is 2.94. The molecule has 3 rings (SSSR count). The molecule has 0 saturated heterocycles. The predicted octanol–water partition coefficient (Wildman–Crippen LogP) is 3.72. The molecule has 0 aliphatic rings. The molecule has 0 aliphatic heterocycles. The molecular formula is C22H21NO4. The summed E-state index contributed by atoms with van der Waals surface area (Å²) >= 11 is 0. The average molecular weight is 363 g/mol. The van der Waals surface area contributed by atoms with E-state index in [2.05, 4.69) is 0 Å². The number of ether oxygens (including phenoxy) is 2. The van der Waals surface area contributed by atoms with Crippen molar-refractivity contribution in [3.05, 3.63) is 83.2 Å². The fourth-order valence-corrected chi connectivity index (χ4v) is 2.82. The van der Waals surface area contributed by atoms with Crippen LogP contribution in [0.15, 0.2) is 60.7 Å². The maximum absolute atomic E-state index is 12.7. The van der Waals surface area contributed by atoms with Gasteiger partial charge in [-0.2, -0.15) is 0 Å². The summed E-state index contributed by atoms with van der Waals surface area (Å²) in [7, 11) is 3.29. The van der Waals surface area contributed by atoms with Gasteiger partial charge >= 0.3 is 5.97 Å². The van der Waals surface area contributed by atoms with Gasteiger partial charge in [-0.15, -0.1) is 0 Å². The van der Waals surface area contributed by atoms with Crippen LogP contribution in [0.2, 0.25) is 0 Å². The SMILES string of the molecule is COc1ccccc1OC(=O)Cc1ccc(C(=O)c2ccc(C)cc2)n1C. The molecule has 5 nitrogen and oxygen atoms in total. The van der Waals surface area contributed by atoms with E-state index in [1.165, 1.54) is 7.11 Å². The highest BCUT2D eigenvalue weighted by molar-refractivity contribution is 6.08. The second-order valence-corrected chi connectivity index (χ2v) is 6.27. The van der Waals surface area contributed by atoms with E-state index in [-0.39, 0.29) is 12.2 Å². The molecule has 1 heterocycles. The van der Waals surface area contributed by atoms with Gasteiger partial charge in [0.2, 0.25) is 5.78 Å². The molecular weight excluding hydrogens is 342 g/mol. The molecule has 5 heteroatoms. The van der Waals surface area contributed by atoms with Gasteiger partial charge in [-0.05, 0) is 31.2 Å². The van der Waals surface area contributed by atoms with Crippen LogP contribution in [0.1, 0.15) is 27.3 Å². The van der Waals surface area contributed by atoms with Crippen molar-refractivity contribution in [2.75, 3.05) is 7.11 Å². The van der Waals surface area contributed by atoms with E-state index in [4.69, 9.17) is 9.47 Å². The number of aryl methyl sites for hydroxylation is 1. The molecule has 0 radical (unpaired) electrons. The lowest BCUT2D eigenvalue weighted by Gasteiger charge is -2.10. The van der Waals surface area contributed by atoms with Gasteiger partial charge in [0.15, 0.2) is 11.5 Å². The Labute approximate surface area is 158 Å². The summed E-state index contributed by atoms with van der Waals surface area (Å²) in [5.74, 6) is 0.361. The molecule has 0 atom stereocenters. The van der Waals surface area contributed by atoms with Crippen molar-refractivity contribution in [2.45, 2.75) is 13.3 Å². The molecule has 0 aliphatic carbocycles. The van der Waals surface area contributed by atoms with Crippen LogP contribution in [0.5, 0.6) is 11.5 Å². The van der Waals surface area contributed by atoms with Gasteiger partial charge in [-0.3, -0.25) is 9.59 Å². The molecule has 27 heavy (non-hydrogen) atoms. The quantitative estimate of drug-likeness (QED) is 0.380. The number of esters is 1. The van der Waals surface area contributed by atoms with Crippen molar-refractivity contribution < 1.29 is 19.1 Å². The van der Waals surface area contributed by atoms with Crippen molar-refractivity contribution in [3.63, 3.8) is 0 Å². The molecule has 0 amide bonds. The maximum atomic E-state index is 12.7. The first kappa shape index (κ1) is 18.5. The molecule has 0 spiro atoms. The maximum Gasteiger partial charge on any atom is 0.317 e. The van der Waals surface area contributed by atoms with Crippen molar-refractivity contribution in [2.24, 2.45) is 7.05 Å². The standard InChI is InChI=1S/C22H21NO4/c1-15-8-10-16(11-9-15)22(25)18-13-12-17(23(18)2)14-21(24)27-20-7-5-4-6-19(20)26-3/h4-13H,14H2,1-3H3. The Kier molecular flexibility index (Phi) is 5.41. The highest BCUT2D eigenvalue weighted by atomic mass is 16.6. The zero-order chi connectivity index (χ0) is 19.4. The first-order chi connectivity index (χ1) is 13.0. The number of para-hydroxylation sites is 2. The van der Waals surface area contributed by atoms with Crippen LogP contribution < -0.4 is 9.47 Å². The van der Waals surface area contributed by atoms with E-state index >= 15 is 0 Å². The summed E-state index contributed by atoms with van der Waals surface area (Å²) in [6.07, 6.45) is 0.0513. The van der Waals surface area contributed by atoms with Crippen LogP contribution in [0.3, 0.4) is 0 Å². The topological polar surface area (TPSA) is 57.5 Å². The second-order valence-electron chi connectivity index (χ2n) is 6.27. The monoisotopic (exact) mass is 363 g/mol. The lowest BCUT2D eigenvalue weighted by atomic mass is 10.1. The van der Waals surface area contributed by atoms with E-state index in [1.807, 2.05) is 19.1 Å². The van der Waals surface area contributed by atoms with Gasteiger partial charge in [0.1, 0.15) is 0 Å². The largest absolute Gasteiger partial charge is 0.493 e. The van der Waals surface area contributed by atoms with Crippen molar-refractivity contribution in [1.29, 1.82) is 0 Å². The van der Waals surface area contributed by atoms with Crippen LogP contribution in [0, 0.1) is 6.92 Å². The van der Waals surface area contributed by atoms with Gasteiger partial charge in [-0.1, -0.05) is 42.0 Å². The third kappa shape index (κ3) is 4.08. The fraction of sp³-hybridized carbons (Fsp3) is 0.182. The number of rotatable bonds is 6. The number of nitrogens with zero attached hydrogens (tertiary/aromatic N) is 1. The second kappa shape index (κ2) is 7.91. The van der Waals surface area contributed by atoms with Gasteiger partial charge in [-0.25, -0.2) is 0 Å². The smallest absolute Gasteiger partial charge is 0.317 e. The van der Waals surface area contributed by atoms with E-state index in [0.717, 1.165) is 5.56 Å². The molecule has 0 saturated carbocycles. The minimum atomic E-state index is -0.421. The summed E-state index contributed by atoms with van der Waals surface area (Å²) in [4.78, 5) is 25.0. The predicted molar refractivity (Wildman–Crippen MR) is 102 cm³/mol. The average Bonchev–Trinajstić information content (AvgIpc) is 3.02. The first-order valence-electron chi connectivity index (χ1n) is 8.59. The van der Waals surface area contributed by atoms with Gasteiger partial charge < -0.3 is 14.0 Å². The number of hydrogen-bond acceptors (Lipinski definition) is 4. The Hall–Kier alpha value is -3.34. The molecule has 1 aromatic heterocycles. The fourth-order valence-electron chi connectivity index (χ4n) is 2.82. The molecule has 0 N–H and O–H groups in total. The number of ketones is 1. The molecule has 3 aromatic rings. The van der Waals surface area contributed by atoms with Crippen molar-refractivity contribution >= 4 is 11.8 Å². The van der Waals surface area contributed by atoms with E-state index < -0.39 is 5.97 Å². The van der Waals surface area contributed by atoms with E-state index in [9.17, 15) is 9.59 Å². The van der Waals surface area contributed by atoms with Gasteiger partial charge in [0, 0.05) is 18.3 Å². The Bertz CT molecular complexity index is 970. The van der Waals surface area contributed by atoms with Gasteiger partial charge in [0.05, 0.1) is 19.2 Å². The normalized spacial score (nSPS) is 10.5. The minimum absolute atomic E-state index is 0.0513. The van der Waals surface area contributed by atoms with Crippen LogP contribution in [0.4, 0.5) is 0 Å². The number of carbonyl (C=O) groups is 2. The van der Waals surface area contributed by atoms with Crippen LogP contribution in [-0.4, -0.2) is 23.4 Å². The number of methoxy groups -OCH3 is 1. The van der Waals surface area contributed by atoms with Crippen molar-refractivity contribution in [1.82, 2.24) is 4.57 Å². The van der Waals surface area contributed by atoms with Gasteiger partial charge in [0.25, 0.3) is 0 Å². The van der Waals surface area contributed by atoms with E-state index in [1.54, 1.807) is 60.1 Å². The summed E-state index contributed by atoms with van der Waals surface area (Å²) in [5, 5.41) is 0. The zero-order valence-corrected chi connectivity index (χ0v) is 15.6. The third-order valence-electron chi connectivity index (χ3n) is 4.39. The van der Waals surface area contributed by atoms with Crippen LogP contribution in [-0.2, 0) is 18.3 Å². The van der Waals surface area contributed by atoms with Crippen molar-refractivity contribution in [3.8, 4) is 11.5 Å². The number of aromatic nitrogens is 1. The number of hydrogen-bond donors (Lipinski definition) is 0. The van der Waals surface area contributed by atoms with E-state index in [0.29, 0.717) is 28.5 Å². The Morgan fingerprint density at radius 1 is 0.926 bits per heavy atom. The zero-order valence-electron chi connectivity index (χ0n) is 15.6. The molecule has 2 aromatic carbocycles. The number of benzene rings is 2. The summed E-state index contributed by atoms with van der Waals surface area (Å²) in [6.45, 7) is 1.97.